The molecule has 0 spiro atoms. The number of hydrogen-bond donors (Lipinski definition) is 2. The van der Waals surface area contributed by atoms with Crippen molar-refractivity contribution in [3.8, 4) is 11.5 Å². The molecule has 1 saturated heterocycles. The highest BCUT2D eigenvalue weighted by Crippen LogP contribution is 2.32. The number of amides is 2. The standard InChI is InChI=1S/C14H18N2O4/c17-14(16-8-11-2-1-5-18-11)15-7-10-3-4-12-13(6-10)20-9-19-12/h3-4,6,11H,1-2,5,7-9H2,(H2,15,16,17). The van der Waals surface area contributed by atoms with Crippen LogP contribution >= 0.6 is 0 Å². The molecule has 0 aliphatic carbocycles. The summed E-state index contributed by atoms with van der Waals surface area (Å²) in [7, 11) is 0. The number of fused-ring (bicyclic) bond motifs is 1. The van der Waals surface area contributed by atoms with E-state index in [1.807, 2.05) is 18.2 Å². The molecule has 6 nitrogen and oxygen atoms in total. The number of rotatable bonds is 4. The Balaban J connectivity index is 1.43. The third kappa shape index (κ3) is 3.14. The van der Waals surface area contributed by atoms with E-state index in [1.165, 1.54) is 0 Å². The molecule has 0 radical (unpaired) electrons. The van der Waals surface area contributed by atoms with Crippen LogP contribution in [0.4, 0.5) is 4.79 Å². The third-order valence-corrected chi connectivity index (χ3v) is 3.40. The molecule has 1 atom stereocenters. The second-order valence-corrected chi connectivity index (χ2v) is 4.89. The molecule has 0 aromatic heterocycles. The largest absolute Gasteiger partial charge is 0.454 e. The van der Waals surface area contributed by atoms with Crippen molar-refractivity contribution >= 4 is 6.03 Å². The van der Waals surface area contributed by atoms with Gasteiger partial charge in [0, 0.05) is 19.7 Å². The lowest BCUT2D eigenvalue weighted by molar-refractivity contribution is 0.111. The number of carbonyl (C=O) groups excluding carboxylic acids is 1. The van der Waals surface area contributed by atoms with Crippen LogP contribution < -0.4 is 20.1 Å². The van der Waals surface area contributed by atoms with Crippen molar-refractivity contribution in [1.29, 1.82) is 0 Å². The predicted octanol–water partition coefficient (Wildman–Crippen LogP) is 1.39. The van der Waals surface area contributed by atoms with Crippen LogP contribution in [-0.2, 0) is 11.3 Å². The van der Waals surface area contributed by atoms with Crippen LogP contribution in [0.2, 0.25) is 0 Å². The van der Waals surface area contributed by atoms with E-state index in [0.717, 1.165) is 36.5 Å². The summed E-state index contributed by atoms with van der Waals surface area (Å²) in [5.41, 5.74) is 0.974. The van der Waals surface area contributed by atoms with Gasteiger partial charge in [0.25, 0.3) is 0 Å². The summed E-state index contributed by atoms with van der Waals surface area (Å²) < 4.78 is 16.0. The Morgan fingerprint density at radius 3 is 3.00 bits per heavy atom. The van der Waals surface area contributed by atoms with E-state index in [0.29, 0.717) is 13.1 Å². The number of ether oxygens (including phenoxy) is 3. The van der Waals surface area contributed by atoms with Crippen LogP contribution in [0.15, 0.2) is 18.2 Å². The van der Waals surface area contributed by atoms with Gasteiger partial charge >= 0.3 is 6.03 Å². The smallest absolute Gasteiger partial charge is 0.315 e. The molecule has 0 bridgehead atoms. The van der Waals surface area contributed by atoms with E-state index >= 15 is 0 Å². The maximum Gasteiger partial charge on any atom is 0.315 e. The maximum atomic E-state index is 11.7. The summed E-state index contributed by atoms with van der Waals surface area (Å²) in [6, 6.07) is 5.46. The van der Waals surface area contributed by atoms with Gasteiger partial charge in [-0.15, -0.1) is 0 Å². The summed E-state index contributed by atoms with van der Waals surface area (Å²) in [4.78, 5) is 11.7. The molecule has 1 unspecified atom stereocenters. The minimum atomic E-state index is -0.182. The van der Waals surface area contributed by atoms with Gasteiger partial charge in [0.1, 0.15) is 0 Å². The van der Waals surface area contributed by atoms with Gasteiger partial charge in [0.05, 0.1) is 6.10 Å². The molecule has 2 amide bonds. The van der Waals surface area contributed by atoms with E-state index in [9.17, 15) is 4.79 Å². The van der Waals surface area contributed by atoms with Crippen LogP contribution in [0, 0.1) is 0 Å². The van der Waals surface area contributed by atoms with Crippen LogP contribution in [0.3, 0.4) is 0 Å². The molecular weight excluding hydrogens is 260 g/mol. The van der Waals surface area contributed by atoms with Crippen molar-refractivity contribution in [1.82, 2.24) is 10.6 Å². The molecule has 1 aromatic carbocycles. The summed E-state index contributed by atoms with van der Waals surface area (Å²) in [6.45, 7) is 2.07. The third-order valence-electron chi connectivity index (χ3n) is 3.40. The highest BCUT2D eigenvalue weighted by atomic mass is 16.7. The lowest BCUT2D eigenvalue weighted by Gasteiger charge is -2.11. The fourth-order valence-corrected chi connectivity index (χ4v) is 2.31. The molecule has 6 heteroatoms. The lowest BCUT2D eigenvalue weighted by atomic mass is 10.2. The Morgan fingerprint density at radius 1 is 1.25 bits per heavy atom. The van der Waals surface area contributed by atoms with Gasteiger partial charge < -0.3 is 24.8 Å². The average Bonchev–Trinajstić information content (AvgIpc) is 3.13. The minimum Gasteiger partial charge on any atom is -0.454 e. The second kappa shape index (κ2) is 6.00. The van der Waals surface area contributed by atoms with Crippen molar-refractivity contribution in [2.24, 2.45) is 0 Å². The van der Waals surface area contributed by atoms with E-state index in [-0.39, 0.29) is 18.9 Å². The van der Waals surface area contributed by atoms with Crippen molar-refractivity contribution < 1.29 is 19.0 Å². The summed E-state index contributed by atoms with van der Waals surface area (Å²) >= 11 is 0. The van der Waals surface area contributed by atoms with Crippen LogP contribution in [0.1, 0.15) is 18.4 Å². The van der Waals surface area contributed by atoms with Gasteiger partial charge in [-0.3, -0.25) is 0 Å². The molecule has 20 heavy (non-hydrogen) atoms. The van der Waals surface area contributed by atoms with Crippen molar-refractivity contribution in [2.45, 2.75) is 25.5 Å². The molecule has 2 N–H and O–H groups in total. The van der Waals surface area contributed by atoms with Gasteiger partial charge in [-0.25, -0.2) is 4.79 Å². The number of hydrogen-bond acceptors (Lipinski definition) is 4. The fraction of sp³-hybridized carbons (Fsp3) is 0.500. The number of carbonyl (C=O) groups is 1. The fourth-order valence-electron chi connectivity index (χ4n) is 2.31. The normalized spacial score (nSPS) is 19.9. The van der Waals surface area contributed by atoms with Gasteiger partial charge in [0.15, 0.2) is 11.5 Å². The maximum absolute atomic E-state index is 11.7. The zero-order valence-electron chi connectivity index (χ0n) is 11.2. The van der Waals surface area contributed by atoms with E-state index in [2.05, 4.69) is 10.6 Å². The quantitative estimate of drug-likeness (QED) is 0.873. The Morgan fingerprint density at radius 2 is 2.15 bits per heavy atom. The van der Waals surface area contributed by atoms with Crippen molar-refractivity contribution in [3.63, 3.8) is 0 Å². The summed E-state index contributed by atoms with van der Waals surface area (Å²) in [5, 5.41) is 5.63. The van der Waals surface area contributed by atoms with Crippen molar-refractivity contribution in [2.75, 3.05) is 19.9 Å². The van der Waals surface area contributed by atoms with Crippen LogP contribution in [-0.4, -0.2) is 32.1 Å². The van der Waals surface area contributed by atoms with Gasteiger partial charge in [0.2, 0.25) is 6.79 Å². The highest BCUT2D eigenvalue weighted by molar-refractivity contribution is 5.73. The molecule has 1 aromatic rings. The first-order valence-corrected chi connectivity index (χ1v) is 6.83. The molecule has 1 fully saturated rings. The minimum absolute atomic E-state index is 0.159. The predicted molar refractivity (Wildman–Crippen MR) is 71.8 cm³/mol. The molecule has 2 aliphatic rings. The monoisotopic (exact) mass is 278 g/mol. The molecule has 3 rings (SSSR count). The topological polar surface area (TPSA) is 68.8 Å². The highest BCUT2D eigenvalue weighted by Gasteiger charge is 2.16. The average molecular weight is 278 g/mol. The molecule has 2 aliphatic heterocycles. The molecule has 108 valence electrons. The SMILES string of the molecule is O=C(NCc1ccc2c(c1)OCO2)NCC1CCCO1. The van der Waals surface area contributed by atoms with Crippen LogP contribution in [0.5, 0.6) is 11.5 Å². The van der Waals surface area contributed by atoms with E-state index < -0.39 is 0 Å². The number of urea groups is 1. The Kier molecular flexibility index (Phi) is 3.92. The zero-order valence-corrected chi connectivity index (χ0v) is 11.2. The molecule has 0 saturated carbocycles. The second-order valence-electron chi connectivity index (χ2n) is 4.89. The Hall–Kier alpha value is -1.95. The lowest BCUT2D eigenvalue weighted by Crippen LogP contribution is -2.39. The summed E-state index contributed by atoms with van der Waals surface area (Å²) in [5.74, 6) is 1.47. The Labute approximate surface area is 117 Å². The first kappa shape index (κ1) is 13.1. The molecular formula is C14H18N2O4. The zero-order chi connectivity index (χ0) is 13.8. The van der Waals surface area contributed by atoms with Crippen molar-refractivity contribution in [3.05, 3.63) is 23.8 Å². The van der Waals surface area contributed by atoms with Gasteiger partial charge in [-0.1, -0.05) is 6.07 Å². The van der Waals surface area contributed by atoms with Gasteiger partial charge in [-0.2, -0.15) is 0 Å². The molecule has 2 heterocycles. The van der Waals surface area contributed by atoms with E-state index in [4.69, 9.17) is 14.2 Å². The number of benzene rings is 1. The number of nitrogens with one attached hydrogen (secondary N) is 2. The Bertz CT molecular complexity index is 486. The van der Waals surface area contributed by atoms with E-state index in [1.54, 1.807) is 0 Å². The van der Waals surface area contributed by atoms with Gasteiger partial charge in [-0.05, 0) is 30.5 Å². The summed E-state index contributed by atoms with van der Waals surface area (Å²) in [6.07, 6.45) is 2.25. The van der Waals surface area contributed by atoms with Crippen LogP contribution in [0.25, 0.3) is 0 Å². The first-order chi connectivity index (χ1) is 9.81. The first-order valence-electron chi connectivity index (χ1n) is 6.83.